The van der Waals surface area contributed by atoms with Crippen LogP contribution in [0.25, 0.3) is 0 Å². The zero-order chi connectivity index (χ0) is 6.24. The lowest BCUT2D eigenvalue weighted by Crippen LogP contribution is -1.89. The lowest BCUT2D eigenvalue weighted by molar-refractivity contribution is 0.175. The molecule has 0 aromatic rings. The van der Waals surface area contributed by atoms with Crippen LogP contribution in [0.5, 0.6) is 0 Å². The summed E-state index contributed by atoms with van der Waals surface area (Å²) >= 11 is 0. The van der Waals surface area contributed by atoms with Gasteiger partial charge in [0, 0.05) is 6.61 Å². The summed E-state index contributed by atoms with van der Waals surface area (Å²) in [6, 6.07) is 0. The normalized spacial score (nSPS) is 10.1. The van der Waals surface area contributed by atoms with Gasteiger partial charge in [-0.3, -0.25) is 4.57 Å². The van der Waals surface area contributed by atoms with Gasteiger partial charge in [-0.25, -0.2) is 0 Å². The Hall–Kier alpha value is 0.0600. The summed E-state index contributed by atoms with van der Waals surface area (Å²) < 4.78 is 14.6. The summed E-state index contributed by atoms with van der Waals surface area (Å²) in [7, 11) is 0.0883. The summed E-state index contributed by atoms with van der Waals surface area (Å²) in [5.41, 5.74) is 0. The van der Waals surface area contributed by atoms with E-state index < -0.39 is 0 Å². The number of hydrogen-bond donors (Lipinski definition) is 0. The van der Waals surface area contributed by atoms with Crippen molar-refractivity contribution in [3.05, 3.63) is 0 Å². The minimum atomic E-state index is 0.0883. The van der Waals surface area contributed by atoms with E-state index in [4.69, 9.17) is 4.74 Å². The predicted octanol–water partition coefficient (Wildman–Crippen LogP) is 2.05. The van der Waals surface area contributed by atoms with Crippen molar-refractivity contribution >= 4 is 8.46 Å². The first-order valence-corrected chi connectivity index (χ1v) is 3.78. The number of rotatable bonds is 5. The van der Waals surface area contributed by atoms with E-state index in [2.05, 4.69) is 6.92 Å². The van der Waals surface area contributed by atoms with E-state index in [0.29, 0.717) is 6.35 Å². The molecule has 0 bridgehead atoms. The topological polar surface area (TPSA) is 26.3 Å². The molecule has 0 atom stereocenters. The Morgan fingerprint density at radius 2 is 2.38 bits per heavy atom. The maximum Gasteiger partial charge on any atom is 0.183 e. The van der Waals surface area contributed by atoms with Gasteiger partial charge in [0.05, 0.1) is 0 Å². The molecule has 48 valence electrons. The minimum Gasteiger partial charge on any atom is -0.369 e. The van der Waals surface area contributed by atoms with Crippen molar-refractivity contribution < 1.29 is 9.30 Å². The first-order valence-electron chi connectivity index (χ1n) is 2.78. The third-order valence-electron chi connectivity index (χ3n) is 0.786. The summed E-state index contributed by atoms with van der Waals surface area (Å²) in [5.74, 6) is 0. The van der Waals surface area contributed by atoms with Gasteiger partial charge >= 0.3 is 0 Å². The average Bonchev–Trinajstić information content (AvgIpc) is 1.81. The largest absolute Gasteiger partial charge is 0.369 e. The Bertz CT molecular complexity index is 56.4. The van der Waals surface area contributed by atoms with E-state index in [1.54, 1.807) is 0 Å². The lowest BCUT2D eigenvalue weighted by atomic mass is 10.4. The summed E-state index contributed by atoms with van der Waals surface area (Å²) in [5, 5.41) is 0. The van der Waals surface area contributed by atoms with Gasteiger partial charge in [0.15, 0.2) is 8.46 Å². The molecule has 0 aromatic heterocycles. The number of unbranched alkanes of at least 4 members (excludes halogenated alkanes) is 1. The van der Waals surface area contributed by atoms with Gasteiger partial charge in [-0.1, -0.05) is 13.3 Å². The van der Waals surface area contributed by atoms with Crippen molar-refractivity contribution in [3.8, 4) is 0 Å². The Balaban J connectivity index is 2.62. The molecule has 0 saturated carbocycles. The molecular formula is C5H11O2P. The molecular weight excluding hydrogens is 123 g/mol. The summed E-state index contributed by atoms with van der Waals surface area (Å²) in [6.07, 6.45) is 2.55. The second-order valence-electron chi connectivity index (χ2n) is 1.52. The van der Waals surface area contributed by atoms with Crippen molar-refractivity contribution in [2.45, 2.75) is 19.8 Å². The molecule has 0 fully saturated rings. The van der Waals surface area contributed by atoms with Crippen molar-refractivity contribution in [3.63, 3.8) is 0 Å². The van der Waals surface area contributed by atoms with E-state index in [1.165, 1.54) is 0 Å². The molecule has 0 heterocycles. The standard InChI is InChI=1S/C5H11O2P/c1-2-3-4-7-5-8-6/h2-5H2,1H3. The van der Waals surface area contributed by atoms with Crippen LogP contribution in [-0.2, 0) is 9.30 Å². The van der Waals surface area contributed by atoms with Gasteiger partial charge in [-0.15, -0.1) is 0 Å². The quantitative estimate of drug-likeness (QED) is 0.425. The van der Waals surface area contributed by atoms with E-state index in [1.807, 2.05) is 0 Å². The molecule has 0 unspecified atom stereocenters. The van der Waals surface area contributed by atoms with Crippen LogP contribution in [0.15, 0.2) is 0 Å². The van der Waals surface area contributed by atoms with Gasteiger partial charge in [0.2, 0.25) is 0 Å². The first kappa shape index (κ1) is 8.06. The smallest absolute Gasteiger partial charge is 0.183 e. The van der Waals surface area contributed by atoms with E-state index in [-0.39, 0.29) is 8.46 Å². The fraction of sp³-hybridized carbons (Fsp3) is 1.00. The molecule has 0 aliphatic rings. The first-order chi connectivity index (χ1) is 3.91. The van der Waals surface area contributed by atoms with Gasteiger partial charge in [-0.2, -0.15) is 0 Å². The van der Waals surface area contributed by atoms with Crippen molar-refractivity contribution in [2.24, 2.45) is 0 Å². The highest BCUT2D eigenvalue weighted by atomic mass is 31.1. The molecule has 0 aliphatic carbocycles. The van der Waals surface area contributed by atoms with Crippen LogP contribution in [0.1, 0.15) is 19.8 Å². The van der Waals surface area contributed by atoms with Gasteiger partial charge in [0.1, 0.15) is 6.35 Å². The number of hydrogen-bond acceptors (Lipinski definition) is 2. The number of ether oxygens (including phenoxy) is 1. The van der Waals surface area contributed by atoms with E-state index >= 15 is 0 Å². The van der Waals surface area contributed by atoms with Gasteiger partial charge in [0.25, 0.3) is 0 Å². The van der Waals surface area contributed by atoms with Crippen LogP contribution < -0.4 is 0 Å². The van der Waals surface area contributed by atoms with Crippen LogP contribution in [0.4, 0.5) is 0 Å². The van der Waals surface area contributed by atoms with Crippen LogP contribution in [0.2, 0.25) is 0 Å². The molecule has 0 saturated heterocycles. The highest BCUT2D eigenvalue weighted by Gasteiger charge is 1.82. The third kappa shape index (κ3) is 6.06. The molecule has 2 nitrogen and oxygen atoms in total. The van der Waals surface area contributed by atoms with Crippen LogP contribution in [0.3, 0.4) is 0 Å². The Morgan fingerprint density at radius 3 is 2.88 bits per heavy atom. The fourth-order valence-electron chi connectivity index (χ4n) is 0.348. The second-order valence-corrected chi connectivity index (χ2v) is 2.04. The van der Waals surface area contributed by atoms with Gasteiger partial charge < -0.3 is 4.74 Å². The second kappa shape index (κ2) is 7.06. The van der Waals surface area contributed by atoms with E-state index in [0.717, 1.165) is 19.4 Å². The summed E-state index contributed by atoms with van der Waals surface area (Å²) in [4.78, 5) is 0. The molecule has 3 heteroatoms. The predicted molar refractivity (Wildman–Crippen MR) is 33.3 cm³/mol. The maximum atomic E-state index is 9.74. The maximum absolute atomic E-state index is 9.74. The minimum absolute atomic E-state index is 0.0883. The molecule has 0 rings (SSSR count). The third-order valence-corrected chi connectivity index (χ3v) is 1.07. The highest BCUT2D eigenvalue weighted by molar-refractivity contribution is 7.23. The highest BCUT2D eigenvalue weighted by Crippen LogP contribution is 1.93. The van der Waals surface area contributed by atoms with Crippen LogP contribution in [0, 0.1) is 0 Å². The van der Waals surface area contributed by atoms with Gasteiger partial charge in [-0.05, 0) is 6.42 Å². The molecule has 0 amide bonds. The fourth-order valence-corrected chi connectivity index (χ4v) is 0.552. The average molecular weight is 134 g/mol. The SMILES string of the molecule is CCCCOCP=O. The van der Waals surface area contributed by atoms with E-state index in [9.17, 15) is 4.57 Å². The van der Waals surface area contributed by atoms with Crippen LogP contribution in [-0.4, -0.2) is 13.0 Å². The molecule has 8 heavy (non-hydrogen) atoms. The van der Waals surface area contributed by atoms with Crippen molar-refractivity contribution in [1.82, 2.24) is 0 Å². The molecule has 0 aromatic carbocycles. The lowest BCUT2D eigenvalue weighted by Gasteiger charge is -1.93. The summed E-state index contributed by atoms with van der Waals surface area (Å²) in [6.45, 7) is 2.84. The molecule has 0 N–H and O–H groups in total. The molecule has 0 spiro atoms. The zero-order valence-corrected chi connectivity index (χ0v) is 5.99. The van der Waals surface area contributed by atoms with Crippen molar-refractivity contribution in [1.29, 1.82) is 0 Å². The Labute approximate surface area is 51.4 Å². The van der Waals surface area contributed by atoms with Crippen molar-refractivity contribution in [2.75, 3.05) is 13.0 Å². The Morgan fingerprint density at radius 1 is 1.62 bits per heavy atom. The van der Waals surface area contributed by atoms with Crippen LogP contribution >= 0.6 is 8.46 Å². The monoisotopic (exact) mass is 134 g/mol. The molecule has 0 aliphatic heterocycles. The Kier molecular flexibility index (Phi) is 7.11. The zero-order valence-electron chi connectivity index (χ0n) is 5.09. The molecule has 0 radical (unpaired) electrons.